The van der Waals surface area contributed by atoms with Gasteiger partial charge in [-0.25, -0.2) is 4.98 Å². The number of imidazole rings is 1. The Hall–Kier alpha value is -1.31. The molecule has 0 unspecified atom stereocenters. The van der Waals surface area contributed by atoms with Crippen LogP contribution >= 0.6 is 0 Å². The molecular weight excluding hydrogens is 184 g/mol. The van der Waals surface area contributed by atoms with Crippen LogP contribution in [0.5, 0.6) is 0 Å². The number of rotatable bonds is 1. The molecule has 0 saturated carbocycles. The zero-order chi connectivity index (χ0) is 11.4. The summed E-state index contributed by atoms with van der Waals surface area (Å²) < 4.78 is 0. The van der Waals surface area contributed by atoms with Crippen LogP contribution in [0.4, 0.5) is 0 Å². The molecule has 1 N–H and O–H groups in total. The van der Waals surface area contributed by atoms with Crippen LogP contribution in [0.15, 0.2) is 12.1 Å². The lowest BCUT2D eigenvalue weighted by molar-refractivity contribution is 1.11. The Morgan fingerprint density at radius 2 is 1.87 bits per heavy atom. The average Bonchev–Trinajstić information content (AvgIpc) is 2.59. The molecule has 2 nitrogen and oxygen atoms in total. The Morgan fingerprint density at radius 3 is 2.47 bits per heavy atom. The van der Waals surface area contributed by atoms with Gasteiger partial charge in [0.25, 0.3) is 0 Å². The molecule has 0 amide bonds. The van der Waals surface area contributed by atoms with E-state index in [2.05, 4.69) is 35.9 Å². The van der Waals surface area contributed by atoms with Gasteiger partial charge < -0.3 is 4.98 Å². The van der Waals surface area contributed by atoms with E-state index in [9.17, 15) is 0 Å². The zero-order valence-corrected chi connectivity index (χ0v) is 10.3. The number of fused-ring (bicyclic) bond motifs is 1. The van der Waals surface area contributed by atoms with Crippen molar-refractivity contribution in [2.24, 2.45) is 0 Å². The van der Waals surface area contributed by atoms with Gasteiger partial charge in [-0.05, 0) is 43.5 Å². The Labute approximate surface area is 91.7 Å². The first-order chi connectivity index (χ1) is 7.20. The third-order valence-electron chi connectivity index (χ3n) is 2.44. The van der Waals surface area contributed by atoms with Crippen molar-refractivity contribution in [1.82, 2.24) is 9.97 Å². The number of aromatic nitrogens is 2. The minimum atomic E-state index is 0.989. The van der Waals surface area contributed by atoms with E-state index < -0.39 is 0 Å². The number of aromatic amines is 1. The van der Waals surface area contributed by atoms with Crippen LogP contribution in [0.1, 0.15) is 37.7 Å². The smallest absolute Gasteiger partial charge is 0.104 e. The molecule has 2 heteroatoms. The molecule has 0 radical (unpaired) electrons. The second-order valence-corrected chi connectivity index (χ2v) is 3.47. The Kier molecular flexibility index (Phi) is 3.89. The lowest BCUT2D eigenvalue weighted by atomic mass is 10.1. The first-order valence-corrected chi connectivity index (χ1v) is 5.66. The molecule has 82 valence electrons. The first kappa shape index (κ1) is 11.8. The van der Waals surface area contributed by atoms with Gasteiger partial charge in [-0.2, -0.15) is 0 Å². The Balaban J connectivity index is 0.000000531. The normalized spacial score (nSPS) is 9.93. The molecule has 0 aliphatic heterocycles. The molecule has 1 heterocycles. The highest BCUT2D eigenvalue weighted by atomic mass is 14.9. The Bertz CT molecular complexity index is 441. The van der Waals surface area contributed by atoms with Gasteiger partial charge in [0.15, 0.2) is 0 Å². The molecule has 1 aromatic carbocycles. The predicted octanol–water partition coefficient (Wildman–Crippen LogP) is 3.77. The minimum absolute atomic E-state index is 0.989. The van der Waals surface area contributed by atoms with Crippen molar-refractivity contribution < 1.29 is 0 Å². The summed E-state index contributed by atoms with van der Waals surface area (Å²) in [6.07, 6.45) is 1.08. The molecule has 0 aliphatic rings. The number of hydrogen-bond donors (Lipinski definition) is 1. The van der Waals surface area contributed by atoms with Gasteiger partial charge in [-0.1, -0.05) is 20.8 Å². The second-order valence-electron chi connectivity index (χ2n) is 3.47. The maximum atomic E-state index is 4.41. The lowest BCUT2D eigenvalue weighted by Crippen LogP contribution is -1.85. The summed E-state index contributed by atoms with van der Waals surface area (Å²) in [5.74, 6) is 0.989. The largest absolute Gasteiger partial charge is 0.342 e. The topological polar surface area (TPSA) is 28.7 Å². The second kappa shape index (κ2) is 4.96. The standard InChI is InChI=1S/C11H14N2.C2H6/c1-4-9-6-11-10(5-7(9)2)12-8(3)13-11;1-2/h5-6H,4H2,1-3H3,(H,12,13);1-2H3. The van der Waals surface area contributed by atoms with Crippen LogP contribution in [0, 0.1) is 13.8 Å². The molecule has 0 fully saturated rings. The summed E-state index contributed by atoms with van der Waals surface area (Å²) in [7, 11) is 0. The number of H-pyrrole nitrogens is 1. The summed E-state index contributed by atoms with van der Waals surface area (Å²) in [5.41, 5.74) is 4.96. The first-order valence-electron chi connectivity index (χ1n) is 5.66. The van der Waals surface area contributed by atoms with E-state index in [0.29, 0.717) is 0 Å². The van der Waals surface area contributed by atoms with Gasteiger partial charge in [0.1, 0.15) is 5.82 Å². The molecule has 0 atom stereocenters. The van der Waals surface area contributed by atoms with Gasteiger partial charge in [-0.15, -0.1) is 0 Å². The number of benzene rings is 1. The van der Waals surface area contributed by atoms with Crippen molar-refractivity contribution in [1.29, 1.82) is 0 Å². The summed E-state index contributed by atoms with van der Waals surface area (Å²) in [6.45, 7) is 10.3. The molecule has 1 aromatic heterocycles. The van der Waals surface area contributed by atoms with Crippen molar-refractivity contribution in [2.45, 2.75) is 41.0 Å². The SMILES string of the molecule is CC.CCc1cc2nc(C)[nH]c2cc1C. The maximum Gasteiger partial charge on any atom is 0.104 e. The maximum absolute atomic E-state index is 4.41. The van der Waals surface area contributed by atoms with Crippen molar-refractivity contribution in [3.05, 3.63) is 29.1 Å². The zero-order valence-electron chi connectivity index (χ0n) is 10.3. The fourth-order valence-corrected chi connectivity index (χ4v) is 1.72. The van der Waals surface area contributed by atoms with Crippen LogP contribution < -0.4 is 0 Å². The molecule has 2 aromatic rings. The minimum Gasteiger partial charge on any atom is -0.342 e. The van der Waals surface area contributed by atoms with E-state index in [1.807, 2.05) is 20.8 Å². The van der Waals surface area contributed by atoms with E-state index in [4.69, 9.17) is 0 Å². The van der Waals surface area contributed by atoms with Crippen molar-refractivity contribution >= 4 is 11.0 Å². The predicted molar refractivity (Wildman–Crippen MR) is 66.3 cm³/mol. The molecule has 0 spiro atoms. The van der Waals surface area contributed by atoms with Crippen LogP contribution in [-0.4, -0.2) is 9.97 Å². The number of aryl methyl sites for hydroxylation is 3. The molecule has 0 aliphatic carbocycles. The van der Waals surface area contributed by atoms with E-state index in [1.54, 1.807) is 0 Å². The summed E-state index contributed by atoms with van der Waals surface area (Å²) in [5, 5.41) is 0. The number of nitrogens with zero attached hydrogens (tertiary/aromatic N) is 1. The van der Waals surface area contributed by atoms with Crippen LogP contribution in [-0.2, 0) is 6.42 Å². The fourth-order valence-electron chi connectivity index (χ4n) is 1.72. The summed E-state index contributed by atoms with van der Waals surface area (Å²) in [4.78, 5) is 7.65. The van der Waals surface area contributed by atoms with E-state index >= 15 is 0 Å². The highest BCUT2D eigenvalue weighted by Gasteiger charge is 2.02. The van der Waals surface area contributed by atoms with Gasteiger partial charge in [0.05, 0.1) is 11.0 Å². The van der Waals surface area contributed by atoms with Crippen LogP contribution in [0.25, 0.3) is 11.0 Å². The number of nitrogens with one attached hydrogen (secondary N) is 1. The summed E-state index contributed by atoms with van der Waals surface area (Å²) >= 11 is 0. The third kappa shape index (κ3) is 2.38. The van der Waals surface area contributed by atoms with E-state index in [0.717, 1.165) is 23.3 Å². The summed E-state index contributed by atoms with van der Waals surface area (Å²) in [6, 6.07) is 4.35. The number of hydrogen-bond acceptors (Lipinski definition) is 1. The van der Waals surface area contributed by atoms with Crippen molar-refractivity contribution in [3.63, 3.8) is 0 Å². The quantitative estimate of drug-likeness (QED) is 0.752. The van der Waals surface area contributed by atoms with E-state index in [1.165, 1.54) is 11.1 Å². The third-order valence-corrected chi connectivity index (χ3v) is 2.44. The van der Waals surface area contributed by atoms with Crippen molar-refractivity contribution in [2.75, 3.05) is 0 Å². The highest BCUT2D eigenvalue weighted by Crippen LogP contribution is 2.17. The van der Waals surface area contributed by atoms with Crippen molar-refractivity contribution in [3.8, 4) is 0 Å². The molecule has 15 heavy (non-hydrogen) atoms. The van der Waals surface area contributed by atoms with E-state index in [-0.39, 0.29) is 0 Å². The van der Waals surface area contributed by atoms with Gasteiger partial charge in [0.2, 0.25) is 0 Å². The Morgan fingerprint density at radius 1 is 1.20 bits per heavy atom. The molecule has 0 saturated heterocycles. The fraction of sp³-hybridized carbons (Fsp3) is 0.462. The van der Waals surface area contributed by atoms with Gasteiger partial charge in [-0.3, -0.25) is 0 Å². The molecule has 2 rings (SSSR count). The van der Waals surface area contributed by atoms with Gasteiger partial charge >= 0.3 is 0 Å². The highest BCUT2D eigenvalue weighted by molar-refractivity contribution is 5.77. The van der Waals surface area contributed by atoms with Crippen LogP contribution in [0.3, 0.4) is 0 Å². The molecular formula is C13H20N2. The average molecular weight is 204 g/mol. The molecule has 0 bridgehead atoms. The van der Waals surface area contributed by atoms with Crippen LogP contribution in [0.2, 0.25) is 0 Å². The lowest BCUT2D eigenvalue weighted by Gasteiger charge is -2.01. The monoisotopic (exact) mass is 204 g/mol. The van der Waals surface area contributed by atoms with Gasteiger partial charge in [0, 0.05) is 0 Å².